The zero-order valence-electron chi connectivity index (χ0n) is 7.37. The molecule has 62 valence electrons. The Morgan fingerprint density at radius 3 is 2.67 bits per heavy atom. The number of fused-ring (bicyclic) bond motifs is 1. The maximum atomic E-state index is 2.25. The molecule has 1 aromatic carbocycles. The first-order chi connectivity index (χ1) is 5.79. The van der Waals surface area contributed by atoms with Gasteiger partial charge in [0.25, 0.3) is 0 Å². The van der Waals surface area contributed by atoms with Gasteiger partial charge in [-0.3, -0.25) is 0 Å². The van der Waals surface area contributed by atoms with Crippen LogP contribution in [0.3, 0.4) is 0 Å². The molecule has 1 aromatic heterocycles. The molecule has 0 nitrogen and oxygen atoms in total. The lowest BCUT2D eigenvalue weighted by atomic mass is 10.1. The quantitative estimate of drug-likeness (QED) is 0.615. The molecule has 0 saturated heterocycles. The monoisotopic (exact) mass is 176 g/mol. The van der Waals surface area contributed by atoms with Gasteiger partial charge in [0.1, 0.15) is 0 Å². The van der Waals surface area contributed by atoms with Gasteiger partial charge in [-0.05, 0) is 22.1 Å². The smallest absolute Gasteiger partial charge is 0.0149 e. The van der Waals surface area contributed by atoms with E-state index >= 15 is 0 Å². The maximum absolute atomic E-state index is 2.25. The fourth-order valence-electron chi connectivity index (χ4n) is 1.46. The van der Waals surface area contributed by atoms with Gasteiger partial charge in [-0.25, -0.2) is 0 Å². The van der Waals surface area contributed by atoms with E-state index in [1.165, 1.54) is 15.6 Å². The summed E-state index contributed by atoms with van der Waals surface area (Å²) in [6.45, 7) is 4.50. The molecule has 0 aliphatic heterocycles. The van der Waals surface area contributed by atoms with E-state index < -0.39 is 0 Å². The summed E-state index contributed by atoms with van der Waals surface area (Å²) in [7, 11) is 0. The summed E-state index contributed by atoms with van der Waals surface area (Å²) in [6, 6.07) is 8.60. The third-order valence-corrected chi connectivity index (χ3v) is 3.38. The van der Waals surface area contributed by atoms with Crippen LogP contribution in [0.25, 0.3) is 10.8 Å². The van der Waals surface area contributed by atoms with Crippen molar-refractivity contribution < 1.29 is 0 Å². The van der Waals surface area contributed by atoms with Crippen LogP contribution in [-0.4, -0.2) is 0 Å². The highest BCUT2D eigenvalue weighted by molar-refractivity contribution is 7.11. The first-order valence-electron chi connectivity index (χ1n) is 4.25. The summed E-state index contributed by atoms with van der Waals surface area (Å²) in [5.41, 5.74) is 0. The minimum absolute atomic E-state index is 0.648. The molecule has 2 rings (SSSR count). The van der Waals surface area contributed by atoms with Crippen LogP contribution in [0.4, 0.5) is 0 Å². The first-order valence-corrected chi connectivity index (χ1v) is 5.13. The number of rotatable bonds is 1. The van der Waals surface area contributed by atoms with E-state index in [4.69, 9.17) is 0 Å². The van der Waals surface area contributed by atoms with Crippen LogP contribution in [0.2, 0.25) is 0 Å². The fourth-order valence-corrected chi connectivity index (χ4v) is 2.51. The van der Waals surface area contributed by atoms with E-state index in [0.717, 1.165) is 0 Å². The normalized spacial score (nSPS) is 11.2. The van der Waals surface area contributed by atoms with Crippen molar-refractivity contribution in [3.05, 3.63) is 34.5 Å². The SMILES string of the molecule is CC(C)c1scc2ccccc12. The van der Waals surface area contributed by atoms with Crippen LogP contribution in [0.1, 0.15) is 24.6 Å². The van der Waals surface area contributed by atoms with Gasteiger partial charge in [-0.15, -0.1) is 11.3 Å². The molecule has 0 aliphatic rings. The average molecular weight is 176 g/mol. The Hall–Kier alpha value is -0.820. The molecule has 1 heterocycles. The summed E-state index contributed by atoms with van der Waals surface area (Å²) < 4.78 is 0. The Labute approximate surface area is 76.8 Å². The third kappa shape index (κ3) is 1.14. The lowest BCUT2D eigenvalue weighted by Gasteiger charge is -2.00. The number of thiophene rings is 1. The Morgan fingerprint density at radius 1 is 1.17 bits per heavy atom. The summed E-state index contributed by atoms with van der Waals surface area (Å²) >= 11 is 1.87. The summed E-state index contributed by atoms with van der Waals surface area (Å²) in [4.78, 5) is 1.51. The fraction of sp³-hybridized carbons (Fsp3) is 0.273. The summed E-state index contributed by atoms with van der Waals surface area (Å²) in [6.07, 6.45) is 0. The molecule has 0 unspecified atom stereocenters. The van der Waals surface area contributed by atoms with Crippen LogP contribution < -0.4 is 0 Å². The Balaban J connectivity index is 2.70. The molecule has 0 fully saturated rings. The topological polar surface area (TPSA) is 0 Å². The first kappa shape index (κ1) is 7.81. The van der Waals surface area contributed by atoms with E-state index in [1.807, 2.05) is 11.3 Å². The predicted molar refractivity (Wildman–Crippen MR) is 55.9 cm³/mol. The van der Waals surface area contributed by atoms with Crippen molar-refractivity contribution in [3.8, 4) is 0 Å². The summed E-state index contributed by atoms with van der Waals surface area (Å²) in [5.74, 6) is 0.648. The second-order valence-electron chi connectivity index (χ2n) is 3.34. The zero-order chi connectivity index (χ0) is 8.55. The van der Waals surface area contributed by atoms with Crippen molar-refractivity contribution in [2.24, 2.45) is 0 Å². The van der Waals surface area contributed by atoms with Crippen molar-refractivity contribution in [1.82, 2.24) is 0 Å². The van der Waals surface area contributed by atoms with E-state index in [9.17, 15) is 0 Å². The van der Waals surface area contributed by atoms with Gasteiger partial charge in [0.2, 0.25) is 0 Å². The minimum Gasteiger partial charge on any atom is -0.147 e. The highest BCUT2D eigenvalue weighted by atomic mass is 32.1. The molecule has 0 bridgehead atoms. The van der Waals surface area contributed by atoms with E-state index in [2.05, 4.69) is 43.5 Å². The second-order valence-corrected chi connectivity index (χ2v) is 4.25. The molecule has 2 aromatic rings. The highest BCUT2D eigenvalue weighted by Crippen LogP contribution is 2.31. The van der Waals surface area contributed by atoms with Gasteiger partial charge in [-0.1, -0.05) is 38.1 Å². The largest absolute Gasteiger partial charge is 0.147 e. The second kappa shape index (κ2) is 2.91. The number of hydrogen-bond acceptors (Lipinski definition) is 1. The van der Waals surface area contributed by atoms with Crippen molar-refractivity contribution in [2.45, 2.75) is 19.8 Å². The van der Waals surface area contributed by atoms with Gasteiger partial charge in [0.05, 0.1) is 0 Å². The van der Waals surface area contributed by atoms with Gasteiger partial charge in [-0.2, -0.15) is 0 Å². The lowest BCUT2D eigenvalue weighted by Crippen LogP contribution is -1.80. The molecular formula is C11H12S. The molecular weight excluding hydrogens is 164 g/mol. The lowest BCUT2D eigenvalue weighted by molar-refractivity contribution is 0.897. The van der Waals surface area contributed by atoms with Crippen molar-refractivity contribution in [2.75, 3.05) is 0 Å². The van der Waals surface area contributed by atoms with Crippen LogP contribution in [0, 0.1) is 0 Å². The standard InChI is InChI=1S/C11H12S/c1-8(2)11-10-6-4-3-5-9(10)7-12-11/h3-8H,1-2H3. The molecule has 1 heteroatoms. The maximum Gasteiger partial charge on any atom is 0.0149 e. The van der Waals surface area contributed by atoms with Gasteiger partial charge in [0.15, 0.2) is 0 Å². The Bertz CT molecular complexity index is 385. The van der Waals surface area contributed by atoms with Crippen LogP contribution >= 0.6 is 11.3 Å². The minimum atomic E-state index is 0.648. The van der Waals surface area contributed by atoms with Gasteiger partial charge < -0.3 is 0 Å². The average Bonchev–Trinajstić information content (AvgIpc) is 2.47. The molecule has 0 atom stereocenters. The van der Waals surface area contributed by atoms with Crippen molar-refractivity contribution in [3.63, 3.8) is 0 Å². The van der Waals surface area contributed by atoms with Gasteiger partial charge in [0, 0.05) is 4.88 Å². The van der Waals surface area contributed by atoms with Gasteiger partial charge >= 0.3 is 0 Å². The van der Waals surface area contributed by atoms with Crippen LogP contribution in [0.15, 0.2) is 29.6 Å². The van der Waals surface area contributed by atoms with Crippen molar-refractivity contribution in [1.29, 1.82) is 0 Å². The third-order valence-electron chi connectivity index (χ3n) is 2.06. The Morgan fingerprint density at radius 2 is 1.92 bits per heavy atom. The summed E-state index contributed by atoms with van der Waals surface area (Å²) in [5, 5.41) is 5.05. The van der Waals surface area contributed by atoms with Crippen LogP contribution in [0.5, 0.6) is 0 Å². The van der Waals surface area contributed by atoms with E-state index in [0.29, 0.717) is 5.92 Å². The molecule has 0 radical (unpaired) electrons. The van der Waals surface area contributed by atoms with E-state index in [1.54, 1.807) is 0 Å². The van der Waals surface area contributed by atoms with Crippen molar-refractivity contribution >= 4 is 22.1 Å². The Kier molecular flexibility index (Phi) is 1.89. The molecule has 0 N–H and O–H groups in total. The zero-order valence-corrected chi connectivity index (χ0v) is 8.19. The molecule has 0 aliphatic carbocycles. The highest BCUT2D eigenvalue weighted by Gasteiger charge is 2.05. The molecule has 0 spiro atoms. The number of benzene rings is 1. The molecule has 12 heavy (non-hydrogen) atoms. The predicted octanol–water partition coefficient (Wildman–Crippen LogP) is 4.02. The number of hydrogen-bond donors (Lipinski definition) is 0. The molecule has 0 saturated carbocycles. The van der Waals surface area contributed by atoms with E-state index in [-0.39, 0.29) is 0 Å². The molecule has 0 amide bonds. The van der Waals surface area contributed by atoms with Crippen LogP contribution in [-0.2, 0) is 0 Å².